The maximum atomic E-state index is 11.6. The lowest BCUT2D eigenvalue weighted by Gasteiger charge is -2.16. The van der Waals surface area contributed by atoms with Gasteiger partial charge in [0.05, 0.1) is 12.5 Å². The summed E-state index contributed by atoms with van der Waals surface area (Å²) in [4.78, 5) is 34.1. The van der Waals surface area contributed by atoms with Gasteiger partial charge in [0.1, 0.15) is 6.04 Å². The predicted molar refractivity (Wildman–Crippen MR) is 69.6 cm³/mol. The number of carbonyl (C=O) groups is 3. The Hall–Kier alpha value is -2.09. The molecule has 0 aliphatic carbocycles. The van der Waals surface area contributed by atoms with Crippen molar-refractivity contribution in [1.29, 1.82) is 0 Å². The maximum Gasteiger partial charge on any atom is 0.326 e. The number of nitrogens with one attached hydrogen (secondary N) is 2. The van der Waals surface area contributed by atoms with Crippen LogP contribution in [-0.2, 0) is 9.59 Å². The van der Waals surface area contributed by atoms with Crippen molar-refractivity contribution in [3.8, 4) is 0 Å². The van der Waals surface area contributed by atoms with Gasteiger partial charge in [-0.15, -0.1) is 11.3 Å². The van der Waals surface area contributed by atoms with Gasteiger partial charge in [-0.25, -0.2) is 9.59 Å². The number of thiophene rings is 1. The SMILES string of the molecule is CC(NC(=O)NC(CC(N)=O)C(=O)O)c1cccs1. The van der Waals surface area contributed by atoms with Gasteiger partial charge in [0, 0.05) is 4.88 Å². The highest BCUT2D eigenvalue weighted by Gasteiger charge is 2.22. The summed E-state index contributed by atoms with van der Waals surface area (Å²) in [6, 6.07) is 1.47. The highest BCUT2D eigenvalue weighted by atomic mass is 32.1. The number of carboxylic acid groups (broad SMARTS) is 1. The first kappa shape index (κ1) is 15.0. The predicted octanol–water partition coefficient (Wildman–Crippen LogP) is 0.437. The van der Waals surface area contributed by atoms with Gasteiger partial charge in [-0.1, -0.05) is 6.07 Å². The van der Waals surface area contributed by atoms with Crippen LogP contribution in [-0.4, -0.2) is 29.1 Å². The summed E-state index contributed by atoms with van der Waals surface area (Å²) in [6.45, 7) is 1.77. The maximum absolute atomic E-state index is 11.6. The molecule has 0 aliphatic rings. The Balaban J connectivity index is 2.53. The fourth-order valence-corrected chi connectivity index (χ4v) is 2.14. The molecule has 0 spiro atoms. The quantitative estimate of drug-likeness (QED) is 0.605. The van der Waals surface area contributed by atoms with E-state index in [0.717, 1.165) is 4.88 Å². The van der Waals surface area contributed by atoms with Crippen LogP contribution in [0.5, 0.6) is 0 Å². The Labute approximate surface area is 113 Å². The third-order valence-corrected chi connectivity index (χ3v) is 3.38. The highest BCUT2D eigenvalue weighted by molar-refractivity contribution is 7.10. The average molecular weight is 285 g/mol. The van der Waals surface area contributed by atoms with Crippen LogP contribution >= 0.6 is 11.3 Å². The van der Waals surface area contributed by atoms with Crippen molar-refractivity contribution >= 4 is 29.2 Å². The molecular formula is C11H15N3O4S. The second kappa shape index (κ2) is 6.74. The minimum atomic E-state index is -1.33. The normalized spacial score (nSPS) is 13.3. The van der Waals surface area contributed by atoms with Crippen molar-refractivity contribution < 1.29 is 19.5 Å². The molecule has 2 atom stereocenters. The van der Waals surface area contributed by atoms with Crippen LogP contribution in [0.15, 0.2) is 17.5 Å². The first-order chi connectivity index (χ1) is 8.90. The second-order valence-electron chi connectivity index (χ2n) is 3.92. The van der Waals surface area contributed by atoms with Crippen LogP contribution in [0, 0.1) is 0 Å². The van der Waals surface area contributed by atoms with Gasteiger partial charge in [-0.05, 0) is 18.4 Å². The van der Waals surface area contributed by atoms with Crippen molar-refractivity contribution in [2.75, 3.05) is 0 Å². The van der Waals surface area contributed by atoms with Crippen LogP contribution in [0.4, 0.5) is 4.79 Å². The summed E-state index contributed by atoms with van der Waals surface area (Å²) in [7, 11) is 0. The molecule has 3 amide bonds. The topological polar surface area (TPSA) is 122 Å². The monoisotopic (exact) mass is 285 g/mol. The van der Waals surface area contributed by atoms with E-state index >= 15 is 0 Å². The Morgan fingerprint density at radius 2 is 2.11 bits per heavy atom. The number of primary amides is 1. The number of hydrogen-bond donors (Lipinski definition) is 4. The number of amides is 3. The standard InChI is InChI=1S/C11H15N3O4S/c1-6(8-3-2-4-19-8)13-11(18)14-7(10(16)17)5-9(12)15/h2-4,6-7H,5H2,1H3,(H2,12,15)(H,16,17)(H2,13,14,18). The Morgan fingerprint density at radius 1 is 1.42 bits per heavy atom. The molecule has 5 N–H and O–H groups in total. The van der Waals surface area contributed by atoms with Crippen molar-refractivity contribution in [2.45, 2.75) is 25.4 Å². The van der Waals surface area contributed by atoms with Gasteiger partial charge < -0.3 is 21.5 Å². The highest BCUT2D eigenvalue weighted by Crippen LogP contribution is 2.17. The lowest BCUT2D eigenvalue weighted by atomic mass is 10.2. The largest absolute Gasteiger partial charge is 0.480 e. The number of rotatable bonds is 6. The molecular weight excluding hydrogens is 270 g/mol. The van der Waals surface area contributed by atoms with Crippen LogP contribution in [0.25, 0.3) is 0 Å². The van der Waals surface area contributed by atoms with Crippen LogP contribution < -0.4 is 16.4 Å². The Morgan fingerprint density at radius 3 is 2.58 bits per heavy atom. The minimum absolute atomic E-state index is 0.247. The summed E-state index contributed by atoms with van der Waals surface area (Å²) < 4.78 is 0. The van der Waals surface area contributed by atoms with E-state index in [-0.39, 0.29) is 6.04 Å². The van der Waals surface area contributed by atoms with Crippen molar-refractivity contribution in [3.63, 3.8) is 0 Å². The summed E-state index contributed by atoms with van der Waals surface area (Å²) in [5.41, 5.74) is 4.91. The first-order valence-corrected chi connectivity index (χ1v) is 6.39. The van der Waals surface area contributed by atoms with Crippen molar-refractivity contribution in [3.05, 3.63) is 22.4 Å². The molecule has 0 radical (unpaired) electrons. The van der Waals surface area contributed by atoms with Gasteiger partial charge in [0.15, 0.2) is 0 Å². The molecule has 0 saturated carbocycles. The zero-order valence-corrected chi connectivity index (χ0v) is 11.1. The number of hydrogen-bond acceptors (Lipinski definition) is 4. The number of urea groups is 1. The van der Waals surface area contributed by atoms with Gasteiger partial charge in [0.25, 0.3) is 0 Å². The van der Waals surface area contributed by atoms with Gasteiger partial charge >= 0.3 is 12.0 Å². The third-order valence-electron chi connectivity index (χ3n) is 2.33. The molecule has 0 aliphatic heterocycles. The van der Waals surface area contributed by atoms with Crippen LogP contribution in [0.3, 0.4) is 0 Å². The van der Waals surface area contributed by atoms with Crippen LogP contribution in [0.1, 0.15) is 24.3 Å². The smallest absolute Gasteiger partial charge is 0.326 e. The summed E-state index contributed by atoms with van der Waals surface area (Å²) >= 11 is 1.48. The third kappa shape index (κ3) is 4.96. The number of nitrogens with two attached hydrogens (primary N) is 1. The van der Waals surface area contributed by atoms with E-state index < -0.39 is 30.4 Å². The summed E-state index contributed by atoms with van der Waals surface area (Å²) in [5, 5.41) is 15.5. The lowest BCUT2D eigenvalue weighted by molar-refractivity contribution is -0.140. The summed E-state index contributed by atoms with van der Waals surface area (Å²) in [5.74, 6) is -2.10. The molecule has 7 nitrogen and oxygen atoms in total. The van der Waals surface area contributed by atoms with Crippen LogP contribution in [0.2, 0.25) is 0 Å². The first-order valence-electron chi connectivity index (χ1n) is 5.51. The van der Waals surface area contributed by atoms with Gasteiger partial charge in [-0.3, -0.25) is 4.79 Å². The molecule has 1 heterocycles. The minimum Gasteiger partial charge on any atom is -0.480 e. The van der Waals surface area contributed by atoms with E-state index in [1.807, 2.05) is 17.5 Å². The van der Waals surface area contributed by atoms with E-state index in [1.54, 1.807) is 6.92 Å². The molecule has 104 valence electrons. The molecule has 1 aromatic rings. The fourth-order valence-electron chi connectivity index (χ4n) is 1.41. The van der Waals surface area contributed by atoms with Crippen molar-refractivity contribution in [2.24, 2.45) is 5.73 Å². The Bertz CT molecular complexity index is 461. The van der Waals surface area contributed by atoms with E-state index in [0.29, 0.717) is 0 Å². The molecule has 0 fully saturated rings. The molecule has 0 saturated heterocycles. The van der Waals surface area contributed by atoms with E-state index in [9.17, 15) is 14.4 Å². The number of aliphatic carboxylic acids is 1. The molecule has 0 bridgehead atoms. The fraction of sp³-hybridized carbons (Fsp3) is 0.364. The summed E-state index contributed by atoms with van der Waals surface area (Å²) in [6.07, 6.45) is -0.448. The molecule has 19 heavy (non-hydrogen) atoms. The van der Waals surface area contributed by atoms with Gasteiger partial charge in [0.2, 0.25) is 5.91 Å². The average Bonchev–Trinajstić information content (AvgIpc) is 2.80. The molecule has 1 aromatic heterocycles. The number of carbonyl (C=O) groups excluding carboxylic acids is 2. The Kier molecular flexibility index (Phi) is 5.31. The van der Waals surface area contributed by atoms with Gasteiger partial charge in [-0.2, -0.15) is 0 Å². The molecule has 1 rings (SSSR count). The zero-order chi connectivity index (χ0) is 14.4. The zero-order valence-electron chi connectivity index (χ0n) is 10.3. The molecule has 0 aromatic carbocycles. The number of carboxylic acids is 1. The van der Waals surface area contributed by atoms with Crippen molar-refractivity contribution in [1.82, 2.24) is 10.6 Å². The van der Waals surface area contributed by atoms with E-state index in [2.05, 4.69) is 10.6 Å². The lowest BCUT2D eigenvalue weighted by Crippen LogP contribution is -2.48. The molecule has 2 unspecified atom stereocenters. The molecule has 8 heteroatoms. The second-order valence-corrected chi connectivity index (χ2v) is 4.90. The van der Waals surface area contributed by atoms with E-state index in [1.165, 1.54) is 11.3 Å². The van der Waals surface area contributed by atoms with E-state index in [4.69, 9.17) is 10.8 Å².